The number of non-ortho nitro benzene ring substituents is 1. The second-order valence-electron chi connectivity index (χ2n) is 8.07. The maximum atomic E-state index is 12.5. The number of nitrogens with one attached hydrogen (secondary N) is 1. The first-order chi connectivity index (χ1) is 17.7. The van der Waals surface area contributed by atoms with E-state index in [-0.39, 0.29) is 23.6 Å². The molecule has 0 heterocycles. The highest BCUT2D eigenvalue weighted by molar-refractivity contribution is 5.92. The van der Waals surface area contributed by atoms with Gasteiger partial charge in [0.15, 0.2) is 18.1 Å². The van der Waals surface area contributed by atoms with Gasteiger partial charge in [0, 0.05) is 12.1 Å². The summed E-state index contributed by atoms with van der Waals surface area (Å²) in [6.07, 6.45) is 1.42. The highest BCUT2D eigenvalue weighted by Crippen LogP contribution is 2.29. The van der Waals surface area contributed by atoms with Crippen molar-refractivity contribution in [2.75, 3.05) is 13.2 Å². The van der Waals surface area contributed by atoms with Crippen LogP contribution in [-0.2, 0) is 4.79 Å². The van der Waals surface area contributed by atoms with Crippen molar-refractivity contribution in [2.45, 2.75) is 27.7 Å². The van der Waals surface area contributed by atoms with E-state index in [1.165, 1.54) is 36.5 Å². The minimum atomic E-state index is -0.691. The molecule has 0 atom stereocenters. The summed E-state index contributed by atoms with van der Waals surface area (Å²) in [6.45, 7) is 7.74. The molecule has 192 valence electrons. The van der Waals surface area contributed by atoms with Crippen LogP contribution in [0.25, 0.3) is 0 Å². The lowest BCUT2D eigenvalue weighted by Crippen LogP contribution is -2.25. The van der Waals surface area contributed by atoms with Gasteiger partial charge in [-0.2, -0.15) is 5.10 Å². The number of esters is 1. The second-order valence-corrected chi connectivity index (χ2v) is 8.07. The number of hydrogen-bond donors (Lipinski definition) is 1. The molecular formula is C27H27N3O7. The van der Waals surface area contributed by atoms with Gasteiger partial charge in [-0.25, -0.2) is 10.2 Å². The Balaban J connectivity index is 1.62. The zero-order chi connectivity index (χ0) is 26.9. The zero-order valence-corrected chi connectivity index (χ0v) is 20.9. The van der Waals surface area contributed by atoms with E-state index < -0.39 is 16.8 Å². The Morgan fingerprint density at radius 1 is 0.973 bits per heavy atom. The molecule has 0 fully saturated rings. The molecule has 10 nitrogen and oxygen atoms in total. The van der Waals surface area contributed by atoms with E-state index in [1.54, 1.807) is 19.1 Å². The molecule has 0 saturated carbocycles. The van der Waals surface area contributed by atoms with Crippen molar-refractivity contribution in [2.24, 2.45) is 5.10 Å². The lowest BCUT2D eigenvalue weighted by molar-refractivity contribution is -0.384. The van der Waals surface area contributed by atoms with Crippen molar-refractivity contribution in [3.8, 4) is 17.2 Å². The first kappa shape index (κ1) is 26.9. The largest absolute Gasteiger partial charge is 0.490 e. The molecule has 0 saturated heterocycles. The van der Waals surface area contributed by atoms with Gasteiger partial charge in [0.2, 0.25) is 0 Å². The standard InChI is InChI=1S/C27H27N3O7/c1-5-35-24-14-20(8-13-23(24)37-27(32)21-9-11-22(12-10-21)30(33)34)15-28-29-25(31)16-36-26-18(3)7-6-17(2)19(26)4/h6-15H,5,16H2,1-4H3,(H,29,31)/b28-15+. The van der Waals surface area contributed by atoms with Crippen LogP contribution in [0.3, 0.4) is 0 Å². The molecule has 3 rings (SSSR count). The second kappa shape index (κ2) is 12.3. The van der Waals surface area contributed by atoms with Crippen LogP contribution in [0.15, 0.2) is 59.7 Å². The van der Waals surface area contributed by atoms with Crippen molar-refractivity contribution in [1.29, 1.82) is 0 Å². The Bertz CT molecular complexity index is 1330. The molecule has 3 aromatic rings. The maximum absolute atomic E-state index is 12.5. The summed E-state index contributed by atoms with van der Waals surface area (Å²) >= 11 is 0. The minimum absolute atomic E-state index is 0.130. The van der Waals surface area contributed by atoms with Gasteiger partial charge < -0.3 is 14.2 Å². The number of carbonyl (C=O) groups excluding carboxylic acids is 2. The molecule has 37 heavy (non-hydrogen) atoms. The first-order valence-corrected chi connectivity index (χ1v) is 11.4. The Morgan fingerprint density at radius 2 is 1.68 bits per heavy atom. The highest BCUT2D eigenvalue weighted by Gasteiger charge is 2.15. The molecule has 0 aliphatic carbocycles. The summed E-state index contributed by atoms with van der Waals surface area (Å²) in [7, 11) is 0. The highest BCUT2D eigenvalue weighted by atomic mass is 16.6. The number of carbonyl (C=O) groups is 2. The molecule has 3 aromatic carbocycles. The molecule has 0 spiro atoms. The fraction of sp³-hybridized carbons (Fsp3) is 0.222. The Labute approximate surface area is 214 Å². The van der Waals surface area contributed by atoms with E-state index in [1.807, 2.05) is 32.9 Å². The number of nitro benzene ring substituents is 1. The van der Waals surface area contributed by atoms with Crippen molar-refractivity contribution in [3.63, 3.8) is 0 Å². The average Bonchev–Trinajstić information content (AvgIpc) is 2.88. The van der Waals surface area contributed by atoms with Gasteiger partial charge in [0.05, 0.1) is 23.3 Å². The summed E-state index contributed by atoms with van der Waals surface area (Å²) in [5.41, 5.74) is 6.03. The van der Waals surface area contributed by atoms with Crippen LogP contribution in [0.2, 0.25) is 0 Å². The summed E-state index contributed by atoms with van der Waals surface area (Å²) < 4.78 is 16.7. The van der Waals surface area contributed by atoms with Gasteiger partial charge in [0.1, 0.15) is 5.75 Å². The summed E-state index contributed by atoms with van der Waals surface area (Å²) in [6, 6.07) is 13.8. The Kier molecular flexibility index (Phi) is 8.93. The van der Waals surface area contributed by atoms with Gasteiger partial charge in [-0.15, -0.1) is 0 Å². The monoisotopic (exact) mass is 505 g/mol. The van der Waals surface area contributed by atoms with Crippen LogP contribution in [0.1, 0.15) is 39.5 Å². The SMILES string of the molecule is CCOc1cc(/C=N/NC(=O)COc2c(C)ccc(C)c2C)ccc1OC(=O)c1ccc([N+](=O)[O-])cc1. The van der Waals surface area contributed by atoms with E-state index in [4.69, 9.17) is 14.2 Å². The number of nitro groups is 1. The molecule has 10 heteroatoms. The topological polar surface area (TPSA) is 129 Å². The number of ether oxygens (including phenoxy) is 3. The number of aryl methyl sites for hydroxylation is 2. The normalized spacial score (nSPS) is 10.7. The molecule has 0 aliphatic heterocycles. The molecule has 0 bridgehead atoms. The molecule has 0 aliphatic rings. The fourth-order valence-electron chi connectivity index (χ4n) is 3.33. The van der Waals surface area contributed by atoms with E-state index in [0.717, 1.165) is 16.7 Å². The van der Waals surface area contributed by atoms with Crippen LogP contribution in [0.5, 0.6) is 17.2 Å². The van der Waals surface area contributed by atoms with Gasteiger partial charge in [-0.3, -0.25) is 14.9 Å². The van der Waals surface area contributed by atoms with Crippen molar-refractivity contribution in [1.82, 2.24) is 5.43 Å². The lowest BCUT2D eigenvalue weighted by atomic mass is 10.1. The molecule has 1 amide bonds. The van der Waals surface area contributed by atoms with Gasteiger partial charge >= 0.3 is 5.97 Å². The third-order valence-corrected chi connectivity index (χ3v) is 5.41. The summed E-state index contributed by atoms with van der Waals surface area (Å²) in [5.74, 6) is 0.0312. The first-order valence-electron chi connectivity index (χ1n) is 11.4. The van der Waals surface area contributed by atoms with Crippen molar-refractivity contribution < 1.29 is 28.7 Å². The lowest BCUT2D eigenvalue weighted by Gasteiger charge is -2.13. The van der Waals surface area contributed by atoms with Crippen molar-refractivity contribution in [3.05, 3.63) is 92.5 Å². The number of nitrogens with zero attached hydrogens (tertiary/aromatic N) is 2. The summed E-state index contributed by atoms with van der Waals surface area (Å²) in [5, 5.41) is 14.7. The van der Waals surface area contributed by atoms with Crippen LogP contribution in [0.4, 0.5) is 5.69 Å². The van der Waals surface area contributed by atoms with E-state index in [9.17, 15) is 19.7 Å². The van der Waals surface area contributed by atoms with Crippen molar-refractivity contribution >= 4 is 23.8 Å². The Morgan fingerprint density at radius 3 is 2.35 bits per heavy atom. The van der Waals surface area contributed by atoms with E-state index >= 15 is 0 Å². The maximum Gasteiger partial charge on any atom is 0.343 e. The number of benzene rings is 3. The van der Waals surface area contributed by atoms with E-state index in [2.05, 4.69) is 10.5 Å². The third kappa shape index (κ3) is 7.14. The predicted octanol–water partition coefficient (Wildman–Crippen LogP) is 4.67. The molecule has 0 unspecified atom stereocenters. The molecule has 0 radical (unpaired) electrons. The molecule has 1 N–H and O–H groups in total. The van der Waals surface area contributed by atoms with Crippen LogP contribution in [-0.4, -0.2) is 36.2 Å². The van der Waals surface area contributed by atoms with Gasteiger partial charge in [-0.05, 0) is 80.3 Å². The Hall–Kier alpha value is -4.73. The predicted molar refractivity (Wildman–Crippen MR) is 138 cm³/mol. The third-order valence-electron chi connectivity index (χ3n) is 5.41. The number of amides is 1. The van der Waals surface area contributed by atoms with Gasteiger partial charge in [-0.1, -0.05) is 12.1 Å². The van der Waals surface area contributed by atoms with Crippen LogP contribution < -0.4 is 19.6 Å². The number of hydrazone groups is 1. The zero-order valence-electron chi connectivity index (χ0n) is 20.9. The van der Waals surface area contributed by atoms with Gasteiger partial charge in [0.25, 0.3) is 11.6 Å². The number of rotatable bonds is 10. The van der Waals surface area contributed by atoms with E-state index in [0.29, 0.717) is 23.7 Å². The molecular weight excluding hydrogens is 478 g/mol. The smallest absolute Gasteiger partial charge is 0.343 e. The van der Waals surface area contributed by atoms with Crippen LogP contribution in [0, 0.1) is 30.9 Å². The quantitative estimate of drug-likeness (QED) is 0.139. The molecule has 0 aromatic heterocycles. The number of hydrogen-bond acceptors (Lipinski definition) is 8. The summed E-state index contributed by atoms with van der Waals surface area (Å²) in [4.78, 5) is 34.9. The minimum Gasteiger partial charge on any atom is -0.490 e. The fourth-order valence-corrected chi connectivity index (χ4v) is 3.33. The average molecular weight is 506 g/mol. The van der Waals surface area contributed by atoms with Crippen LogP contribution >= 0.6 is 0 Å².